The Hall–Kier alpha value is -5.20. The summed E-state index contributed by atoms with van der Waals surface area (Å²) >= 11 is 0. The molecule has 8 aromatic carbocycles. The molecular weight excluding hydrogens is 649 g/mol. The lowest BCUT2D eigenvalue weighted by molar-refractivity contribution is 0.591. The topological polar surface area (TPSA) is 0 Å². The van der Waals surface area contributed by atoms with Crippen LogP contribution < -0.4 is 0 Å². The van der Waals surface area contributed by atoms with Crippen LogP contribution in [0.2, 0.25) is 0 Å². The van der Waals surface area contributed by atoms with Gasteiger partial charge in [0.25, 0.3) is 0 Å². The van der Waals surface area contributed by atoms with E-state index in [4.69, 9.17) is 0 Å². The smallest absolute Gasteiger partial charge is 0.0159 e. The standard InChI is InChI=1S/C54H50/c1-51(2,3)37-23-34-15-16-35-24-38(52(4,5)6)30-44-43(26-36(25-37)49(34)50(35)44)33-19-22-42-41-21-18-32(28-47(41)54(9,10)48(42)29-33)31-17-20-40-39-13-11-12-14-45(39)53(7,8)46(40)27-31/h11-30H,1-10H3. The molecule has 0 amide bonds. The molecule has 0 spiro atoms. The molecule has 8 aromatic rings. The summed E-state index contributed by atoms with van der Waals surface area (Å²) in [6.45, 7) is 23.6. The molecule has 10 rings (SSSR count). The van der Waals surface area contributed by atoms with E-state index < -0.39 is 0 Å². The molecule has 0 N–H and O–H groups in total. The molecule has 0 aliphatic heterocycles. The molecule has 0 saturated carbocycles. The van der Waals surface area contributed by atoms with Gasteiger partial charge in [0.1, 0.15) is 0 Å². The summed E-state index contributed by atoms with van der Waals surface area (Å²) in [5.74, 6) is 0. The second-order valence-electron chi connectivity index (χ2n) is 19.5. The Labute approximate surface area is 321 Å². The van der Waals surface area contributed by atoms with Crippen LogP contribution in [0.1, 0.15) is 103 Å². The summed E-state index contributed by atoms with van der Waals surface area (Å²) < 4.78 is 0. The fourth-order valence-corrected chi connectivity index (χ4v) is 10.00. The van der Waals surface area contributed by atoms with E-state index in [2.05, 4.69) is 191 Å². The van der Waals surface area contributed by atoms with Gasteiger partial charge in [-0.15, -0.1) is 0 Å². The van der Waals surface area contributed by atoms with Crippen LogP contribution in [0.15, 0.2) is 121 Å². The average molecular weight is 699 g/mol. The minimum absolute atomic E-state index is 0.0172. The molecule has 54 heavy (non-hydrogen) atoms. The molecule has 2 aliphatic carbocycles. The largest absolute Gasteiger partial charge is 0.0619 e. The molecule has 0 bridgehead atoms. The van der Waals surface area contributed by atoms with Gasteiger partial charge in [0.05, 0.1) is 0 Å². The second kappa shape index (κ2) is 10.7. The third kappa shape index (κ3) is 4.62. The van der Waals surface area contributed by atoms with Crippen molar-refractivity contribution >= 4 is 32.3 Å². The van der Waals surface area contributed by atoms with Gasteiger partial charge in [0.2, 0.25) is 0 Å². The normalized spacial score (nSPS) is 15.5. The quantitative estimate of drug-likeness (QED) is 0.158. The van der Waals surface area contributed by atoms with Gasteiger partial charge in [-0.05, 0) is 151 Å². The van der Waals surface area contributed by atoms with Gasteiger partial charge in [0.15, 0.2) is 0 Å². The van der Waals surface area contributed by atoms with Gasteiger partial charge in [0, 0.05) is 10.8 Å². The summed E-state index contributed by atoms with van der Waals surface area (Å²) in [5, 5.41) is 8.14. The van der Waals surface area contributed by atoms with Crippen LogP contribution in [0.25, 0.3) is 76.8 Å². The summed E-state index contributed by atoms with van der Waals surface area (Å²) in [4.78, 5) is 0. The fraction of sp³-hybridized carbons (Fsp3) is 0.259. The Balaban J connectivity index is 1.13. The van der Waals surface area contributed by atoms with E-state index in [0.29, 0.717) is 0 Å². The van der Waals surface area contributed by atoms with E-state index in [1.807, 2.05) is 0 Å². The van der Waals surface area contributed by atoms with Gasteiger partial charge in [-0.2, -0.15) is 0 Å². The van der Waals surface area contributed by atoms with Crippen molar-refractivity contribution in [2.24, 2.45) is 0 Å². The van der Waals surface area contributed by atoms with E-state index >= 15 is 0 Å². The van der Waals surface area contributed by atoms with E-state index in [1.165, 1.54) is 110 Å². The van der Waals surface area contributed by atoms with Crippen LogP contribution in [-0.2, 0) is 21.7 Å². The fourth-order valence-electron chi connectivity index (χ4n) is 10.00. The van der Waals surface area contributed by atoms with Crippen molar-refractivity contribution in [1.29, 1.82) is 0 Å². The molecule has 0 fully saturated rings. The van der Waals surface area contributed by atoms with Crippen LogP contribution in [0.4, 0.5) is 0 Å². The zero-order chi connectivity index (χ0) is 37.7. The van der Waals surface area contributed by atoms with Crippen molar-refractivity contribution in [3.05, 3.63) is 155 Å². The molecule has 0 heterocycles. The first-order valence-electron chi connectivity index (χ1n) is 19.8. The molecular formula is C54H50. The lowest BCUT2D eigenvalue weighted by atomic mass is 9.78. The lowest BCUT2D eigenvalue weighted by Crippen LogP contribution is -2.15. The predicted molar refractivity (Wildman–Crippen MR) is 234 cm³/mol. The first kappa shape index (κ1) is 33.4. The van der Waals surface area contributed by atoms with Gasteiger partial charge >= 0.3 is 0 Å². The lowest BCUT2D eigenvalue weighted by Gasteiger charge is -2.25. The molecule has 0 aromatic heterocycles. The molecule has 266 valence electrons. The molecule has 0 saturated heterocycles. The van der Waals surface area contributed by atoms with Crippen LogP contribution in [0.5, 0.6) is 0 Å². The minimum atomic E-state index is -0.141. The number of rotatable bonds is 2. The SMILES string of the molecule is CC(C)(C)c1cc2ccc3cc(C(C)(C)C)cc4c(-c5ccc6c(c5)C(C)(C)c5cc(-c7ccc8c(c7)C(C)(C)c7ccccc7-8)ccc5-6)cc(c1)c2c34. The molecule has 0 nitrogen and oxygen atoms in total. The average Bonchev–Trinajstić information content (AvgIpc) is 3.51. The van der Waals surface area contributed by atoms with Crippen molar-refractivity contribution in [3.63, 3.8) is 0 Å². The van der Waals surface area contributed by atoms with Crippen molar-refractivity contribution in [3.8, 4) is 44.5 Å². The van der Waals surface area contributed by atoms with Crippen LogP contribution >= 0.6 is 0 Å². The highest BCUT2D eigenvalue weighted by atomic mass is 14.4. The zero-order valence-electron chi connectivity index (χ0n) is 33.5. The van der Waals surface area contributed by atoms with Crippen molar-refractivity contribution in [2.75, 3.05) is 0 Å². The van der Waals surface area contributed by atoms with E-state index in [9.17, 15) is 0 Å². The summed E-state index contributed by atoms with van der Waals surface area (Å²) in [5.41, 5.74) is 19.1. The molecule has 0 radical (unpaired) electrons. The van der Waals surface area contributed by atoms with E-state index in [0.717, 1.165) is 0 Å². The Morgan fingerprint density at radius 3 is 1.37 bits per heavy atom. The predicted octanol–water partition coefficient (Wildman–Crippen LogP) is 15.1. The number of hydrogen-bond donors (Lipinski definition) is 0. The molecule has 0 unspecified atom stereocenters. The third-order valence-corrected chi connectivity index (χ3v) is 13.3. The zero-order valence-corrected chi connectivity index (χ0v) is 33.5. The Morgan fingerprint density at radius 1 is 0.352 bits per heavy atom. The maximum absolute atomic E-state index is 2.52. The molecule has 2 aliphatic rings. The Bertz CT molecular complexity index is 2880. The van der Waals surface area contributed by atoms with Gasteiger partial charge in [-0.3, -0.25) is 0 Å². The second-order valence-corrected chi connectivity index (χ2v) is 19.5. The third-order valence-electron chi connectivity index (χ3n) is 13.3. The van der Waals surface area contributed by atoms with Crippen LogP contribution in [-0.4, -0.2) is 0 Å². The minimum Gasteiger partial charge on any atom is -0.0619 e. The highest BCUT2D eigenvalue weighted by molar-refractivity contribution is 6.26. The summed E-state index contributed by atoms with van der Waals surface area (Å²) in [6.07, 6.45) is 0. The van der Waals surface area contributed by atoms with Crippen molar-refractivity contribution in [2.45, 2.75) is 90.9 Å². The molecule has 0 atom stereocenters. The van der Waals surface area contributed by atoms with E-state index in [-0.39, 0.29) is 21.7 Å². The summed E-state index contributed by atoms with van der Waals surface area (Å²) in [7, 11) is 0. The maximum atomic E-state index is 2.52. The molecule has 0 heteroatoms. The van der Waals surface area contributed by atoms with Crippen molar-refractivity contribution in [1.82, 2.24) is 0 Å². The first-order chi connectivity index (χ1) is 25.5. The number of benzene rings is 8. The Kier molecular flexibility index (Phi) is 6.63. The highest BCUT2D eigenvalue weighted by Crippen LogP contribution is 2.53. The number of fused-ring (bicyclic) bond motifs is 6. The van der Waals surface area contributed by atoms with Gasteiger partial charge < -0.3 is 0 Å². The monoisotopic (exact) mass is 698 g/mol. The van der Waals surface area contributed by atoms with Crippen LogP contribution in [0, 0.1) is 0 Å². The van der Waals surface area contributed by atoms with E-state index in [1.54, 1.807) is 0 Å². The Morgan fingerprint density at radius 2 is 0.796 bits per heavy atom. The first-order valence-corrected chi connectivity index (χ1v) is 19.8. The van der Waals surface area contributed by atoms with Gasteiger partial charge in [-0.25, -0.2) is 0 Å². The highest BCUT2D eigenvalue weighted by Gasteiger charge is 2.38. The van der Waals surface area contributed by atoms with Crippen molar-refractivity contribution < 1.29 is 0 Å². The van der Waals surface area contributed by atoms with Gasteiger partial charge in [-0.1, -0.05) is 160 Å². The van der Waals surface area contributed by atoms with Crippen LogP contribution in [0.3, 0.4) is 0 Å². The number of hydrogen-bond acceptors (Lipinski definition) is 0. The summed E-state index contributed by atoms with van der Waals surface area (Å²) in [6, 6.07) is 47.6. The maximum Gasteiger partial charge on any atom is 0.0159 e.